The van der Waals surface area contributed by atoms with E-state index in [2.05, 4.69) is 10.3 Å². The summed E-state index contributed by atoms with van der Waals surface area (Å²) in [6.07, 6.45) is -3.47. The molecule has 0 bridgehead atoms. The second-order valence-electron chi connectivity index (χ2n) is 8.54. The number of anilines is 1. The second kappa shape index (κ2) is 10.9. The number of carbonyl (C=O) groups is 1. The number of thiazole rings is 1. The minimum Gasteiger partial charge on any atom is -0.478 e. The maximum atomic E-state index is 12.7. The number of carboxylic acid groups (broad SMARTS) is 1. The maximum Gasteiger partial charge on any atom is 0.416 e. The summed E-state index contributed by atoms with van der Waals surface area (Å²) in [4.78, 5) is 16.9. The highest BCUT2D eigenvalue weighted by Gasteiger charge is 2.31. The van der Waals surface area contributed by atoms with E-state index in [1.165, 1.54) is 37.3 Å². The average Bonchev–Trinajstić information content (AvgIpc) is 3.25. The number of ether oxygens (including phenoxy) is 1. The quantitative estimate of drug-likeness (QED) is 0.214. The number of rotatable bonds is 10. The third-order valence-electron chi connectivity index (χ3n) is 5.22. The maximum absolute atomic E-state index is 12.7. The molecule has 2 aromatic carbocycles. The van der Waals surface area contributed by atoms with Crippen molar-refractivity contribution in [2.24, 2.45) is 0 Å². The Morgan fingerprint density at radius 1 is 1.14 bits per heavy atom. The molecule has 188 valence electrons. The fourth-order valence-electron chi connectivity index (χ4n) is 3.11. The van der Waals surface area contributed by atoms with Crippen LogP contribution < -0.4 is 10.1 Å². The summed E-state index contributed by atoms with van der Waals surface area (Å²) >= 11 is 3.13. The molecule has 35 heavy (non-hydrogen) atoms. The number of aryl methyl sites for hydroxylation is 2. The third kappa shape index (κ3) is 7.14. The van der Waals surface area contributed by atoms with E-state index in [0.717, 1.165) is 45.5 Å². The lowest BCUT2D eigenvalue weighted by Crippen LogP contribution is -2.38. The molecule has 1 aromatic heterocycles. The van der Waals surface area contributed by atoms with E-state index in [1.54, 1.807) is 11.8 Å². The van der Waals surface area contributed by atoms with E-state index in [9.17, 15) is 23.1 Å². The number of hydrogen-bond donors (Lipinski definition) is 2. The van der Waals surface area contributed by atoms with Crippen molar-refractivity contribution in [3.05, 3.63) is 58.5 Å². The second-order valence-corrected chi connectivity index (χ2v) is 10.5. The Kier molecular flexibility index (Phi) is 8.38. The number of alkyl halides is 3. The Labute approximate surface area is 210 Å². The van der Waals surface area contributed by atoms with Gasteiger partial charge in [0.05, 0.1) is 11.3 Å². The molecule has 10 heteroatoms. The van der Waals surface area contributed by atoms with Crippen LogP contribution in [0.3, 0.4) is 0 Å². The van der Waals surface area contributed by atoms with Crippen molar-refractivity contribution in [1.29, 1.82) is 0 Å². The van der Waals surface area contributed by atoms with Gasteiger partial charge >= 0.3 is 12.1 Å². The number of aromatic nitrogens is 1. The molecule has 0 spiro atoms. The number of carboxylic acids is 1. The average molecular weight is 525 g/mol. The van der Waals surface area contributed by atoms with Crippen molar-refractivity contribution in [3.8, 4) is 17.0 Å². The highest BCUT2D eigenvalue weighted by molar-refractivity contribution is 7.99. The van der Waals surface area contributed by atoms with Gasteiger partial charge in [-0.2, -0.15) is 13.2 Å². The monoisotopic (exact) mass is 524 g/mol. The molecular weight excluding hydrogens is 497 g/mol. The van der Waals surface area contributed by atoms with E-state index in [0.29, 0.717) is 23.6 Å². The first-order valence-electron chi connectivity index (χ1n) is 10.9. The lowest BCUT2D eigenvalue weighted by molar-refractivity contribution is -0.152. The number of benzene rings is 2. The largest absolute Gasteiger partial charge is 0.478 e. The van der Waals surface area contributed by atoms with Crippen LogP contribution in [-0.2, 0) is 11.0 Å². The summed E-state index contributed by atoms with van der Waals surface area (Å²) in [6.45, 7) is 7.62. The molecule has 5 nitrogen and oxygen atoms in total. The molecule has 1 heterocycles. The Morgan fingerprint density at radius 3 is 2.46 bits per heavy atom. The first kappa shape index (κ1) is 26.9. The molecule has 0 fully saturated rings. The van der Waals surface area contributed by atoms with Crippen LogP contribution in [0.1, 0.15) is 37.0 Å². The topological polar surface area (TPSA) is 71.5 Å². The van der Waals surface area contributed by atoms with Gasteiger partial charge in [-0.3, -0.25) is 0 Å². The summed E-state index contributed by atoms with van der Waals surface area (Å²) in [5.74, 6) is 0.409. The highest BCUT2D eigenvalue weighted by Crippen LogP contribution is 2.33. The van der Waals surface area contributed by atoms with Crippen LogP contribution in [0.25, 0.3) is 11.3 Å². The van der Waals surface area contributed by atoms with Gasteiger partial charge in [0.25, 0.3) is 0 Å². The zero-order valence-electron chi connectivity index (χ0n) is 19.8. The van der Waals surface area contributed by atoms with Crippen LogP contribution in [0.15, 0.2) is 46.7 Å². The van der Waals surface area contributed by atoms with Crippen molar-refractivity contribution in [2.45, 2.75) is 50.8 Å². The molecule has 2 N–H and O–H groups in total. The van der Waals surface area contributed by atoms with Crippen molar-refractivity contribution >= 4 is 34.2 Å². The molecule has 0 atom stereocenters. The van der Waals surface area contributed by atoms with Crippen LogP contribution in [0.2, 0.25) is 0 Å². The zero-order valence-corrected chi connectivity index (χ0v) is 21.5. The summed E-state index contributed by atoms with van der Waals surface area (Å²) < 4.78 is 43.9. The van der Waals surface area contributed by atoms with Crippen LogP contribution in [-0.4, -0.2) is 34.0 Å². The van der Waals surface area contributed by atoms with Gasteiger partial charge in [-0.15, -0.1) is 23.1 Å². The number of nitrogens with one attached hydrogen (secondary N) is 1. The van der Waals surface area contributed by atoms with Crippen molar-refractivity contribution in [1.82, 2.24) is 4.98 Å². The van der Waals surface area contributed by atoms with E-state index in [4.69, 9.17) is 4.74 Å². The number of hydrogen-bond acceptors (Lipinski definition) is 6. The molecule has 0 unspecified atom stereocenters. The zero-order chi connectivity index (χ0) is 25.8. The summed E-state index contributed by atoms with van der Waals surface area (Å²) in [7, 11) is 0. The lowest BCUT2D eigenvalue weighted by Gasteiger charge is -2.23. The van der Waals surface area contributed by atoms with E-state index < -0.39 is 23.3 Å². The Morgan fingerprint density at radius 2 is 1.83 bits per heavy atom. The minimum atomic E-state index is -4.35. The van der Waals surface area contributed by atoms with Gasteiger partial charge in [0.15, 0.2) is 10.7 Å². The van der Waals surface area contributed by atoms with E-state index in [1.807, 2.05) is 31.4 Å². The van der Waals surface area contributed by atoms with Crippen LogP contribution in [0.4, 0.5) is 18.3 Å². The van der Waals surface area contributed by atoms with Crippen LogP contribution in [0, 0.1) is 13.8 Å². The standard InChI is InChI=1S/C25H27F3N2O3S2/c1-15-13-21(16(2)12-20(15)33-24(3,4)22(31)32)34-11-5-10-29-23-30-19(14-35-23)17-6-8-18(9-7-17)25(26,27)28/h6-9,12-14H,5,10-11H2,1-4H3,(H,29,30)(H,31,32). The smallest absolute Gasteiger partial charge is 0.416 e. The molecular formula is C25H27F3N2O3S2. The van der Waals surface area contributed by atoms with Gasteiger partial charge in [-0.05, 0) is 75.3 Å². The normalized spacial score (nSPS) is 12.0. The van der Waals surface area contributed by atoms with E-state index >= 15 is 0 Å². The van der Waals surface area contributed by atoms with Crippen LogP contribution >= 0.6 is 23.1 Å². The Bertz CT molecular complexity index is 1180. The van der Waals surface area contributed by atoms with Gasteiger partial charge in [-0.25, -0.2) is 9.78 Å². The molecule has 0 saturated carbocycles. The molecule has 0 radical (unpaired) electrons. The third-order valence-corrected chi connectivity index (χ3v) is 7.26. The molecule has 0 aliphatic carbocycles. The first-order chi connectivity index (χ1) is 16.4. The lowest BCUT2D eigenvalue weighted by atomic mass is 10.1. The summed E-state index contributed by atoms with van der Waals surface area (Å²) in [6, 6.07) is 8.88. The van der Waals surface area contributed by atoms with Gasteiger partial charge in [0.1, 0.15) is 5.75 Å². The Balaban J connectivity index is 1.49. The van der Waals surface area contributed by atoms with Gasteiger partial charge in [-0.1, -0.05) is 12.1 Å². The van der Waals surface area contributed by atoms with Crippen LogP contribution in [0.5, 0.6) is 5.75 Å². The number of aliphatic carboxylic acids is 1. The van der Waals surface area contributed by atoms with Gasteiger partial charge in [0.2, 0.25) is 0 Å². The SMILES string of the molecule is Cc1cc(SCCCNc2nc(-c3ccc(C(F)(F)F)cc3)cs2)c(C)cc1OC(C)(C)C(=O)O. The molecule has 0 aliphatic rings. The predicted octanol–water partition coefficient (Wildman–Crippen LogP) is 7.28. The predicted molar refractivity (Wildman–Crippen MR) is 135 cm³/mol. The van der Waals surface area contributed by atoms with Gasteiger partial charge < -0.3 is 15.2 Å². The summed E-state index contributed by atoms with van der Waals surface area (Å²) in [5.41, 5.74) is 1.20. The van der Waals surface area contributed by atoms with Crippen molar-refractivity contribution < 1.29 is 27.8 Å². The fourth-order valence-corrected chi connectivity index (χ4v) is 4.92. The Hall–Kier alpha value is -2.72. The number of nitrogens with zero attached hydrogens (tertiary/aromatic N) is 1. The highest BCUT2D eigenvalue weighted by atomic mass is 32.2. The fraction of sp³-hybridized carbons (Fsp3) is 0.360. The van der Waals surface area contributed by atoms with Crippen molar-refractivity contribution in [3.63, 3.8) is 0 Å². The molecule has 0 amide bonds. The number of thioether (sulfide) groups is 1. The molecule has 0 aliphatic heterocycles. The first-order valence-corrected chi connectivity index (χ1v) is 12.8. The van der Waals surface area contributed by atoms with Gasteiger partial charge in [0, 0.05) is 22.4 Å². The van der Waals surface area contributed by atoms with E-state index in [-0.39, 0.29) is 0 Å². The molecule has 3 aromatic rings. The summed E-state index contributed by atoms with van der Waals surface area (Å²) in [5, 5.41) is 15.1. The van der Waals surface area contributed by atoms with Crippen molar-refractivity contribution in [2.75, 3.05) is 17.6 Å². The molecule has 0 saturated heterocycles. The minimum absolute atomic E-state index is 0.563. The molecule has 3 rings (SSSR count). The number of halogens is 3.